The second kappa shape index (κ2) is 7.55. The van der Waals surface area contributed by atoms with Gasteiger partial charge in [0.25, 0.3) is 0 Å². The van der Waals surface area contributed by atoms with Gasteiger partial charge in [0.05, 0.1) is 6.54 Å². The minimum Gasteiger partial charge on any atom is -0.342 e. The third-order valence-corrected chi connectivity index (χ3v) is 0.958. The lowest BCUT2D eigenvalue weighted by Crippen LogP contribution is -2.15. The van der Waals surface area contributed by atoms with Crippen molar-refractivity contribution >= 4 is 0 Å². The molecular weight excluding hydrogens is 142 g/mol. The maximum Gasteiger partial charge on any atom is 0.222 e. The Bertz CT molecular complexity index is 131. The summed E-state index contributed by atoms with van der Waals surface area (Å²) in [6.45, 7) is 5.34. The zero-order valence-electron chi connectivity index (χ0n) is 7.09. The van der Waals surface area contributed by atoms with Crippen molar-refractivity contribution in [2.75, 3.05) is 19.8 Å². The summed E-state index contributed by atoms with van der Waals surface area (Å²) in [4.78, 5) is 0. The number of nitrogens with two attached hydrogens (primary N) is 1. The Morgan fingerprint density at radius 3 is 2.18 bits per heavy atom. The van der Waals surface area contributed by atoms with Crippen LogP contribution >= 0.6 is 0 Å². The van der Waals surface area contributed by atoms with E-state index in [0.717, 1.165) is 0 Å². The first-order chi connectivity index (χ1) is 5.35. The van der Waals surface area contributed by atoms with Gasteiger partial charge in [-0.25, -0.2) is 0 Å². The summed E-state index contributed by atoms with van der Waals surface area (Å²) in [6.07, 6.45) is -0.409. The zero-order chi connectivity index (χ0) is 8.53. The van der Waals surface area contributed by atoms with E-state index in [1.165, 1.54) is 0 Å². The maximum atomic E-state index is 5.18. The van der Waals surface area contributed by atoms with Gasteiger partial charge in [-0.15, -0.1) is 0 Å². The molecule has 0 aromatic carbocycles. The summed E-state index contributed by atoms with van der Waals surface area (Å²) in [5, 5.41) is 0. The van der Waals surface area contributed by atoms with E-state index in [1.54, 1.807) is 0 Å². The number of ether oxygens (including phenoxy) is 2. The third-order valence-electron chi connectivity index (χ3n) is 0.958. The smallest absolute Gasteiger partial charge is 0.222 e. The fraction of sp³-hybridized carbons (Fsp3) is 0.750. The molecule has 3 nitrogen and oxygen atoms in total. The van der Waals surface area contributed by atoms with Crippen LogP contribution in [0.15, 0.2) is 0 Å². The van der Waals surface area contributed by atoms with Gasteiger partial charge in [-0.1, -0.05) is 5.92 Å². The van der Waals surface area contributed by atoms with Gasteiger partial charge >= 0.3 is 0 Å². The first-order valence-electron chi connectivity index (χ1n) is 3.76. The van der Waals surface area contributed by atoms with Crippen molar-refractivity contribution in [3.05, 3.63) is 0 Å². The Morgan fingerprint density at radius 1 is 1.27 bits per heavy atom. The summed E-state index contributed by atoms with van der Waals surface area (Å²) in [5.74, 6) is 5.45. The number of rotatable bonds is 4. The maximum absolute atomic E-state index is 5.18. The van der Waals surface area contributed by atoms with Crippen molar-refractivity contribution in [1.29, 1.82) is 0 Å². The van der Waals surface area contributed by atoms with Crippen LogP contribution in [0.1, 0.15) is 13.8 Å². The molecule has 0 unspecified atom stereocenters. The van der Waals surface area contributed by atoms with Crippen LogP contribution in [0.2, 0.25) is 0 Å². The molecule has 0 saturated carbocycles. The topological polar surface area (TPSA) is 44.5 Å². The SMILES string of the molecule is CCOC(C#CCN)OCC. The van der Waals surface area contributed by atoms with Crippen molar-refractivity contribution in [1.82, 2.24) is 0 Å². The Hall–Kier alpha value is -0.560. The van der Waals surface area contributed by atoms with E-state index < -0.39 is 6.29 Å². The van der Waals surface area contributed by atoms with E-state index in [0.29, 0.717) is 19.8 Å². The molecule has 0 spiro atoms. The van der Waals surface area contributed by atoms with Gasteiger partial charge in [0.1, 0.15) is 0 Å². The predicted octanol–water partition coefficient (Wildman–Crippen LogP) is 0.348. The molecule has 0 radical (unpaired) electrons. The lowest BCUT2D eigenvalue weighted by molar-refractivity contribution is -0.0970. The van der Waals surface area contributed by atoms with E-state index in [1.807, 2.05) is 13.8 Å². The van der Waals surface area contributed by atoms with Crippen molar-refractivity contribution in [3.8, 4) is 11.8 Å². The summed E-state index contributed by atoms with van der Waals surface area (Å²) in [7, 11) is 0. The third kappa shape index (κ3) is 5.86. The molecule has 0 aliphatic carbocycles. The van der Waals surface area contributed by atoms with E-state index in [4.69, 9.17) is 15.2 Å². The fourth-order valence-corrected chi connectivity index (χ4v) is 0.576. The summed E-state index contributed by atoms with van der Waals surface area (Å²) >= 11 is 0. The zero-order valence-corrected chi connectivity index (χ0v) is 7.09. The quantitative estimate of drug-likeness (QED) is 0.473. The lowest BCUT2D eigenvalue weighted by atomic mass is 10.5. The van der Waals surface area contributed by atoms with E-state index in [2.05, 4.69) is 11.8 Å². The first-order valence-corrected chi connectivity index (χ1v) is 3.76. The number of hydrogen-bond donors (Lipinski definition) is 1. The average molecular weight is 157 g/mol. The van der Waals surface area contributed by atoms with Crippen molar-refractivity contribution < 1.29 is 9.47 Å². The van der Waals surface area contributed by atoms with Gasteiger partial charge in [0.15, 0.2) is 0 Å². The van der Waals surface area contributed by atoms with E-state index in [9.17, 15) is 0 Å². The van der Waals surface area contributed by atoms with Gasteiger partial charge in [-0.3, -0.25) is 0 Å². The molecule has 0 fully saturated rings. The van der Waals surface area contributed by atoms with Gasteiger partial charge in [-0.05, 0) is 19.8 Å². The van der Waals surface area contributed by atoms with E-state index in [-0.39, 0.29) is 0 Å². The summed E-state index contributed by atoms with van der Waals surface area (Å²) < 4.78 is 10.3. The van der Waals surface area contributed by atoms with Crippen LogP contribution in [0.25, 0.3) is 0 Å². The van der Waals surface area contributed by atoms with Gasteiger partial charge in [0, 0.05) is 13.2 Å². The number of hydrogen-bond acceptors (Lipinski definition) is 3. The van der Waals surface area contributed by atoms with Gasteiger partial charge in [0.2, 0.25) is 6.29 Å². The standard InChI is InChI=1S/C8H15NO2/c1-3-10-8(11-4-2)6-5-7-9/h8H,3-4,7,9H2,1-2H3. The van der Waals surface area contributed by atoms with Gasteiger partial charge in [-0.2, -0.15) is 0 Å². The highest BCUT2D eigenvalue weighted by molar-refractivity contribution is 5.02. The van der Waals surface area contributed by atoms with Crippen LogP contribution in [0.5, 0.6) is 0 Å². The van der Waals surface area contributed by atoms with Crippen LogP contribution in [0, 0.1) is 11.8 Å². The highest BCUT2D eigenvalue weighted by Gasteiger charge is 2.00. The first kappa shape index (κ1) is 10.4. The van der Waals surface area contributed by atoms with Crippen molar-refractivity contribution in [3.63, 3.8) is 0 Å². The molecule has 0 aromatic heterocycles. The predicted molar refractivity (Wildman–Crippen MR) is 43.9 cm³/mol. The molecule has 0 aliphatic rings. The lowest BCUT2D eigenvalue weighted by Gasteiger charge is -2.09. The molecule has 0 rings (SSSR count). The molecule has 2 N–H and O–H groups in total. The Balaban J connectivity index is 3.68. The van der Waals surface area contributed by atoms with Crippen LogP contribution in [0.3, 0.4) is 0 Å². The van der Waals surface area contributed by atoms with E-state index >= 15 is 0 Å². The van der Waals surface area contributed by atoms with Gasteiger partial charge < -0.3 is 15.2 Å². The minimum atomic E-state index is -0.409. The van der Waals surface area contributed by atoms with Crippen LogP contribution in [-0.2, 0) is 9.47 Å². The average Bonchev–Trinajstić information content (AvgIpc) is 2.01. The molecule has 0 saturated heterocycles. The molecule has 0 amide bonds. The Morgan fingerprint density at radius 2 is 1.82 bits per heavy atom. The molecule has 0 bridgehead atoms. The monoisotopic (exact) mass is 157 g/mol. The molecule has 0 heterocycles. The van der Waals surface area contributed by atoms with Crippen LogP contribution < -0.4 is 5.73 Å². The van der Waals surface area contributed by atoms with Crippen LogP contribution in [0.4, 0.5) is 0 Å². The highest BCUT2D eigenvalue weighted by atomic mass is 16.7. The van der Waals surface area contributed by atoms with Crippen molar-refractivity contribution in [2.24, 2.45) is 5.73 Å². The molecule has 64 valence electrons. The summed E-state index contributed by atoms with van der Waals surface area (Å²) in [5.41, 5.74) is 5.18. The highest BCUT2D eigenvalue weighted by Crippen LogP contribution is 1.91. The molecule has 0 atom stereocenters. The Labute approximate surface area is 67.9 Å². The second-order valence-corrected chi connectivity index (χ2v) is 1.77. The molecule has 0 aromatic rings. The van der Waals surface area contributed by atoms with Crippen molar-refractivity contribution in [2.45, 2.75) is 20.1 Å². The minimum absolute atomic E-state index is 0.344. The largest absolute Gasteiger partial charge is 0.342 e. The Kier molecular flexibility index (Phi) is 7.16. The molecule has 3 heteroatoms. The fourth-order valence-electron chi connectivity index (χ4n) is 0.576. The molecule has 11 heavy (non-hydrogen) atoms. The second-order valence-electron chi connectivity index (χ2n) is 1.77. The molecular formula is C8H15NO2. The van der Waals surface area contributed by atoms with Crippen LogP contribution in [-0.4, -0.2) is 26.0 Å². The molecule has 0 aliphatic heterocycles. The summed E-state index contributed by atoms with van der Waals surface area (Å²) in [6, 6.07) is 0. The normalized spacial score (nSPS) is 9.45.